The lowest BCUT2D eigenvalue weighted by Gasteiger charge is -2.01. The topological polar surface area (TPSA) is 58.6 Å². The maximum atomic E-state index is 8.04. The second-order valence-corrected chi connectivity index (χ2v) is 1.89. The predicted molar refractivity (Wildman–Crippen MR) is 33.3 cm³/mol. The van der Waals surface area contributed by atoms with Crippen molar-refractivity contribution in [2.24, 2.45) is 16.8 Å². The summed E-state index contributed by atoms with van der Waals surface area (Å²) in [6.07, 6.45) is 0. The molecule has 0 aliphatic heterocycles. The van der Waals surface area contributed by atoms with E-state index in [2.05, 4.69) is 5.16 Å². The van der Waals surface area contributed by atoms with Gasteiger partial charge in [0.2, 0.25) is 0 Å². The lowest BCUT2D eigenvalue weighted by atomic mass is 10.2. The van der Waals surface area contributed by atoms with Gasteiger partial charge in [-0.3, -0.25) is 0 Å². The van der Waals surface area contributed by atoms with Crippen molar-refractivity contribution in [3.05, 3.63) is 0 Å². The Balaban J connectivity index is 3.63. The van der Waals surface area contributed by atoms with Gasteiger partial charge in [-0.2, -0.15) is 0 Å². The number of amidine groups is 1. The second-order valence-electron chi connectivity index (χ2n) is 1.58. The van der Waals surface area contributed by atoms with Crippen LogP contribution in [-0.4, -0.2) is 16.9 Å². The summed E-state index contributed by atoms with van der Waals surface area (Å²) in [6, 6.07) is 0. The number of alkyl halides is 1. The molecule has 0 aromatic heterocycles. The smallest absolute Gasteiger partial charge is 0.143 e. The molecule has 48 valence electrons. The average molecular weight is 137 g/mol. The van der Waals surface area contributed by atoms with Gasteiger partial charge in [0, 0.05) is 11.8 Å². The van der Waals surface area contributed by atoms with Crippen LogP contribution in [0.1, 0.15) is 6.92 Å². The molecule has 0 spiro atoms. The van der Waals surface area contributed by atoms with Crippen molar-refractivity contribution in [1.82, 2.24) is 0 Å². The molecular weight excluding hydrogens is 128 g/mol. The van der Waals surface area contributed by atoms with E-state index in [1.54, 1.807) is 6.92 Å². The lowest BCUT2D eigenvalue weighted by molar-refractivity contribution is 0.315. The standard InChI is InChI=1S/C4H9ClN2O/c1-3(2-5)4(6)7-8/h3,8H,2H2,1H3,(H2,6,7)/t3-/m1/s1. The summed E-state index contributed by atoms with van der Waals surface area (Å²) >= 11 is 5.35. The minimum atomic E-state index is -0.0401. The molecule has 0 amide bonds. The minimum Gasteiger partial charge on any atom is -0.409 e. The van der Waals surface area contributed by atoms with Crippen molar-refractivity contribution in [1.29, 1.82) is 0 Å². The zero-order chi connectivity index (χ0) is 6.57. The first-order valence-corrected chi connectivity index (χ1v) is 2.79. The zero-order valence-electron chi connectivity index (χ0n) is 4.63. The van der Waals surface area contributed by atoms with E-state index in [9.17, 15) is 0 Å². The average Bonchev–Trinajstić information content (AvgIpc) is 1.84. The molecule has 0 saturated carbocycles. The Morgan fingerprint density at radius 1 is 2.00 bits per heavy atom. The minimum absolute atomic E-state index is 0.0401. The Morgan fingerprint density at radius 3 is 2.62 bits per heavy atom. The van der Waals surface area contributed by atoms with E-state index in [0.717, 1.165) is 0 Å². The molecule has 0 radical (unpaired) electrons. The van der Waals surface area contributed by atoms with Gasteiger partial charge in [0.15, 0.2) is 0 Å². The van der Waals surface area contributed by atoms with E-state index in [0.29, 0.717) is 5.88 Å². The monoisotopic (exact) mass is 136 g/mol. The van der Waals surface area contributed by atoms with Gasteiger partial charge < -0.3 is 10.9 Å². The third-order valence-electron chi connectivity index (χ3n) is 0.852. The summed E-state index contributed by atoms with van der Waals surface area (Å²) in [5, 5.41) is 10.8. The molecular formula is C4H9ClN2O. The van der Waals surface area contributed by atoms with Gasteiger partial charge in [-0.15, -0.1) is 11.6 Å². The quantitative estimate of drug-likeness (QED) is 0.192. The van der Waals surface area contributed by atoms with Crippen LogP contribution in [0.25, 0.3) is 0 Å². The fourth-order valence-corrected chi connectivity index (χ4v) is 0.336. The third-order valence-corrected chi connectivity index (χ3v) is 1.31. The highest BCUT2D eigenvalue weighted by molar-refractivity contribution is 6.19. The Bertz CT molecular complexity index is 94.0. The van der Waals surface area contributed by atoms with Crippen molar-refractivity contribution in [3.8, 4) is 0 Å². The van der Waals surface area contributed by atoms with E-state index < -0.39 is 0 Å². The number of nitrogens with two attached hydrogens (primary N) is 1. The van der Waals surface area contributed by atoms with Gasteiger partial charge in [0.05, 0.1) is 0 Å². The normalized spacial score (nSPS) is 16.0. The number of halogens is 1. The summed E-state index contributed by atoms with van der Waals surface area (Å²) in [5.41, 5.74) is 5.14. The molecule has 0 fully saturated rings. The predicted octanol–water partition coefficient (Wildman–Crippen LogP) is 0.608. The van der Waals surface area contributed by atoms with Gasteiger partial charge in [0.1, 0.15) is 5.84 Å². The van der Waals surface area contributed by atoms with Gasteiger partial charge in [-0.1, -0.05) is 12.1 Å². The second kappa shape index (κ2) is 3.55. The SMILES string of the molecule is C[C@H](CCl)/C(N)=N/O. The highest BCUT2D eigenvalue weighted by Crippen LogP contribution is 1.95. The molecule has 0 aliphatic carbocycles. The molecule has 0 aliphatic rings. The largest absolute Gasteiger partial charge is 0.409 e. The van der Waals surface area contributed by atoms with Crippen LogP contribution < -0.4 is 5.73 Å². The molecule has 0 heterocycles. The fourth-order valence-electron chi connectivity index (χ4n) is 0.178. The van der Waals surface area contributed by atoms with Crippen LogP contribution in [0.15, 0.2) is 5.16 Å². The third kappa shape index (κ3) is 2.02. The molecule has 8 heavy (non-hydrogen) atoms. The van der Waals surface area contributed by atoms with Crippen molar-refractivity contribution in [3.63, 3.8) is 0 Å². The van der Waals surface area contributed by atoms with Crippen LogP contribution >= 0.6 is 11.6 Å². The molecule has 0 rings (SSSR count). The van der Waals surface area contributed by atoms with Gasteiger partial charge in [-0.25, -0.2) is 0 Å². The van der Waals surface area contributed by atoms with Crippen molar-refractivity contribution >= 4 is 17.4 Å². The van der Waals surface area contributed by atoms with Crippen molar-refractivity contribution < 1.29 is 5.21 Å². The molecule has 1 atom stereocenters. The summed E-state index contributed by atoms with van der Waals surface area (Å²) in [4.78, 5) is 0. The van der Waals surface area contributed by atoms with Gasteiger partial charge >= 0.3 is 0 Å². The first-order chi connectivity index (χ1) is 3.72. The number of nitrogens with zero attached hydrogens (tertiary/aromatic N) is 1. The van der Waals surface area contributed by atoms with E-state index in [1.165, 1.54) is 0 Å². The van der Waals surface area contributed by atoms with Crippen LogP contribution in [0.2, 0.25) is 0 Å². The summed E-state index contributed by atoms with van der Waals surface area (Å²) in [5.74, 6) is 0.525. The maximum Gasteiger partial charge on any atom is 0.143 e. The van der Waals surface area contributed by atoms with Crippen molar-refractivity contribution in [2.75, 3.05) is 5.88 Å². The molecule has 3 N–H and O–H groups in total. The molecule has 0 aromatic rings. The number of oxime groups is 1. The Hall–Kier alpha value is -0.440. The first kappa shape index (κ1) is 7.56. The van der Waals surface area contributed by atoms with Crippen molar-refractivity contribution in [2.45, 2.75) is 6.92 Å². The molecule has 0 bridgehead atoms. The molecule has 0 unspecified atom stereocenters. The lowest BCUT2D eigenvalue weighted by Crippen LogP contribution is -2.22. The Morgan fingerprint density at radius 2 is 2.50 bits per heavy atom. The first-order valence-electron chi connectivity index (χ1n) is 2.25. The maximum absolute atomic E-state index is 8.04. The molecule has 4 heteroatoms. The van der Waals surface area contributed by atoms with Gasteiger partial charge in [-0.05, 0) is 0 Å². The van der Waals surface area contributed by atoms with Crippen LogP contribution in [0.5, 0.6) is 0 Å². The van der Waals surface area contributed by atoms with Crippen LogP contribution in [-0.2, 0) is 0 Å². The van der Waals surface area contributed by atoms with E-state index in [1.807, 2.05) is 0 Å². The highest BCUT2D eigenvalue weighted by Gasteiger charge is 2.03. The number of hydrogen-bond donors (Lipinski definition) is 2. The van der Waals surface area contributed by atoms with Gasteiger partial charge in [0.25, 0.3) is 0 Å². The van der Waals surface area contributed by atoms with Crippen LogP contribution in [0, 0.1) is 5.92 Å². The zero-order valence-corrected chi connectivity index (χ0v) is 5.39. The van der Waals surface area contributed by atoms with E-state index in [4.69, 9.17) is 22.5 Å². The molecule has 0 saturated heterocycles. The summed E-state index contributed by atoms with van der Waals surface area (Å²) < 4.78 is 0. The Kier molecular flexibility index (Phi) is 3.35. The van der Waals surface area contributed by atoms with Crippen LogP contribution in [0.4, 0.5) is 0 Å². The van der Waals surface area contributed by atoms with E-state index >= 15 is 0 Å². The van der Waals surface area contributed by atoms with E-state index in [-0.39, 0.29) is 11.8 Å². The number of rotatable bonds is 2. The Labute approximate surface area is 53.1 Å². The van der Waals surface area contributed by atoms with Crippen LogP contribution in [0.3, 0.4) is 0 Å². The fraction of sp³-hybridized carbons (Fsp3) is 0.750. The number of hydrogen-bond acceptors (Lipinski definition) is 2. The molecule has 0 aromatic carbocycles. The highest BCUT2D eigenvalue weighted by atomic mass is 35.5. The molecule has 3 nitrogen and oxygen atoms in total. The summed E-state index contributed by atoms with van der Waals surface area (Å²) in [7, 11) is 0. The summed E-state index contributed by atoms with van der Waals surface area (Å²) in [6.45, 7) is 1.78.